The fraction of sp³-hybridized carbons (Fsp3) is 0.231. The first kappa shape index (κ1) is 20.8. The van der Waals surface area contributed by atoms with E-state index in [4.69, 9.17) is 4.42 Å². The normalized spacial score (nSPS) is 18.6. The van der Waals surface area contributed by atoms with Gasteiger partial charge in [-0.1, -0.05) is 60.7 Å². The van der Waals surface area contributed by atoms with E-state index in [0.29, 0.717) is 10.7 Å². The molecule has 162 valence electrons. The molecule has 0 radical (unpaired) electrons. The van der Waals surface area contributed by atoms with Crippen molar-refractivity contribution in [2.45, 2.75) is 13.0 Å². The molecule has 0 unspecified atom stereocenters. The van der Waals surface area contributed by atoms with Gasteiger partial charge in [0.1, 0.15) is 11.5 Å². The molecule has 0 N–H and O–H groups in total. The number of aliphatic imine (C=N–C) groups is 1. The Hall–Kier alpha value is -3.09. The first-order valence-electron chi connectivity index (χ1n) is 10.9. The lowest BCUT2D eigenvalue weighted by atomic mass is 9.96. The van der Waals surface area contributed by atoms with E-state index in [2.05, 4.69) is 75.5 Å². The molecule has 1 amide bonds. The van der Waals surface area contributed by atoms with Crippen LogP contribution in [0.4, 0.5) is 0 Å². The van der Waals surface area contributed by atoms with Crippen molar-refractivity contribution in [3.8, 4) is 0 Å². The molecule has 6 heteroatoms. The van der Waals surface area contributed by atoms with Crippen LogP contribution in [0.5, 0.6) is 0 Å². The molecule has 1 saturated heterocycles. The van der Waals surface area contributed by atoms with Gasteiger partial charge >= 0.3 is 0 Å². The lowest BCUT2D eigenvalue weighted by molar-refractivity contribution is -0.113. The largest absolute Gasteiger partial charge is 0.462 e. The molecule has 0 bridgehead atoms. The monoisotopic (exact) mass is 443 g/mol. The number of aryl methyl sites for hydroxylation is 1. The van der Waals surface area contributed by atoms with Gasteiger partial charge in [-0.25, -0.2) is 0 Å². The summed E-state index contributed by atoms with van der Waals surface area (Å²) in [4.78, 5) is 22.1. The molecule has 0 atom stereocenters. The summed E-state index contributed by atoms with van der Waals surface area (Å²) in [6.45, 7) is 5.37. The van der Waals surface area contributed by atoms with Crippen LogP contribution in [0.25, 0.3) is 6.08 Å². The molecule has 1 fully saturated rings. The predicted molar refractivity (Wildman–Crippen MR) is 129 cm³/mol. The highest BCUT2D eigenvalue weighted by Gasteiger charge is 2.31. The average Bonchev–Trinajstić information content (AvgIpc) is 3.41. The minimum Gasteiger partial charge on any atom is -0.462 e. The van der Waals surface area contributed by atoms with E-state index >= 15 is 0 Å². The van der Waals surface area contributed by atoms with Crippen molar-refractivity contribution in [1.82, 2.24) is 9.80 Å². The number of hydrogen-bond donors (Lipinski definition) is 0. The van der Waals surface area contributed by atoms with Gasteiger partial charge in [0.15, 0.2) is 5.17 Å². The van der Waals surface area contributed by atoms with Crippen LogP contribution in [0.1, 0.15) is 28.7 Å². The molecule has 32 heavy (non-hydrogen) atoms. The Morgan fingerprint density at radius 3 is 2.09 bits per heavy atom. The molecule has 0 saturated carbocycles. The Kier molecular flexibility index (Phi) is 5.97. The topological polar surface area (TPSA) is 49.0 Å². The number of amidine groups is 1. The second-order valence-corrected chi connectivity index (χ2v) is 9.01. The minimum atomic E-state index is -0.187. The minimum absolute atomic E-state index is 0.187. The van der Waals surface area contributed by atoms with Crippen LogP contribution < -0.4 is 0 Å². The second-order valence-electron chi connectivity index (χ2n) is 8.01. The molecule has 0 spiro atoms. The Balaban J connectivity index is 1.29. The number of piperazine rings is 1. The summed E-state index contributed by atoms with van der Waals surface area (Å²) in [7, 11) is 0. The third-order valence-electron chi connectivity index (χ3n) is 5.82. The Bertz CT molecular complexity index is 1110. The molecule has 5 nitrogen and oxygen atoms in total. The van der Waals surface area contributed by atoms with Gasteiger partial charge in [0.05, 0.1) is 10.9 Å². The highest BCUT2D eigenvalue weighted by Crippen LogP contribution is 2.33. The van der Waals surface area contributed by atoms with Gasteiger partial charge in [-0.3, -0.25) is 9.69 Å². The van der Waals surface area contributed by atoms with Crippen LogP contribution in [0.2, 0.25) is 0 Å². The van der Waals surface area contributed by atoms with Gasteiger partial charge < -0.3 is 9.32 Å². The molecular weight excluding hydrogens is 418 g/mol. The van der Waals surface area contributed by atoms with E-state index in [1.54, 1.807) is 6.08 Å². The van der Waals surface area contributed by atoms with Crippen LogP contribution in [0.3, 0.4) is 0 Å². The lowest BCUT2D eigenvalue weighted by Gasteiger charge is -2.40. The average molecular weight is 444 g/mol. The van der Waals surface area contributed by atoms with Gasteiger partial charge in [0.25, 0.3) is 5.91 Å². The van der Waals surface area contributed by atoms with E-state index in [1.807, 2.05) is 19.1 Å². The smallest absolute Gasteiger partial charge is 0.286 e. The van der Waals surface area contributed by atoms with Gasteiger partial charge in [-0.05, 0) is 41.9 Å². The van der Waals surface area contributed by atoms with Gasteiger partial charge in [-0.2, -0.15) is 4.99 Å². The van der Waals surface area contributed by atoms with E-state index in [-0.39, 0.29) is 11.9 Å². The maximum atomic E-state index is 12.4. The standard InChI is InChI=1S/C26H25N3O2S/c1-19-12-13-22(31-19)18-23-25(30)27-26(32-23)29-16-14-28(15-17-29)24(20-8-4-2-5-9-20)21-10-6-3-7-11-21/h2-13,18,24H,14-17H2,1H3. The Morgan fingerprint density at radius 1 is 0.906 bits per heavy atom. The highest BCUT2D eigenvalue weighted by atomic mass is 32.2. The highest BCUT2D eigenvalue weighted by molar-refractivity contribution is 8.18. The quantitative estimate of drug-likeness (QED) is 0.533. The molecule has 1 aromatic heterocycles. The van der Waals surface area contributed by atoms with Gasteiger partial charge in [0, 0.05) is 32.3 Å². The summed E-state index contributed by atoms with van der Waals surface area (Å²) in [5.41, 5.74) is 2.60. The molecule has 2 aliphatic rings. The van der Waals surface area contributed by atoms with E-state index < -0.39 is 0 Å². The van der Waals surface area contributed by atoms with Crippen LogP contribution in [-0.2, 0) is 4.79 Å². The second kappa shape index (κ2) is 9.18. The summed E-state index contributed by atoms with van der Waals surface area (Å²) >= 11 is 1.44. The summed E-state index contributed by atoms with van der Waals surface area (Å²) < 4.78 is 5.59. The van der Waals surface area contributed by atoms with Crippen molar-refractivity contribution in [1.29, 1.82) is 0 Å². The zero-order chi connectivity index (χ0) is 21.9. The number of carbonyl (C=O) groups excluding carboxylic acids is 1. The molecule has 3 aromatic rings. The number of amides is 1. The van der Waals surface area contributed by atoms with Crippen molar-refractivity contribution < 1.29 is 9.21 Å². The first-order valence-corrected chi connectivity index (χ1v) is 11.7. The number of hydrogen-bond acceptors (Lipinski definition) is 5. The lowest BCUT2D eigenvalue weighted by Crippen LogP contribution is -2.49. The molecule has 2 aromatic carbocycles. The van der Waals surface area contributed by atoms with Gasteiger partial charge in [-0.15, -0.1) is 0 Å². The third kappa shape index (κ3) is 4.42. The van der Waals surface area contributed by atoms with Crippen LogP contribution in [-0.4, -0.2) is 47.1 Å². The fourth-order valence-electron chi connectivity index (χ4n) is 4.25. The molecule has 2 aliphatic heterocycles. The maximum Gasteiger partial charge on any atom is 0.286 e. The van der Waals surface area contributed by atoms with Crippen molar-refractivity contribution in [2.24, 2.45) is 4.99 Å². The fourth-order valence-corrected chi connectivity index (χ4v) is 5.19. The molecular formula is C26H25N3O2S. The van der Waals surface area contributed by atoms with Crippen LogP contribution in [0, 0.1) is 6.92 Å². The zero-order valence-electron chi connectivity index (χ0n) is 18.0. The number of thioether (sulfide) groups is 1. The van der Waals surface area contributed by atoms with Crippen LogP contribution >= 0.6 is 11.8 Å². The van der Waals surface area contributed by atoms with Crippen molar-refractivity contribution >= 4 is 28.9 Å². The Morgan fingerprint density at radius 2 is 1.53 bits per heavy atom. The number of carbonyl (C=O) groups is 1. The number of furan rings is 1. The van der Waals surface area contributed by atoms with Crippen LogP contribution in [0.15, 0.2) is 87.1 Å². The van der Waals surface area contributed by atoms with Crippen molar-refractivity contribution in [3.63, 3.8) is 0 Å². The molecule has 0 aliphatic carbocycles. The summed E-state index contributed by atoms with van der Waals surface area (Å²) in [5, 5.41) is 0.792. The van der Waals surface area contributed by atoms with Crippen molar-refractivity contribution in [2.75, 3.05) is 26.2 Å². The summed E-state index contributed by atoms with van der Waals surface area (Å²) in [6, 6.07) is 25.3. The van der Waals surface area contributed by atoms with Gasteiger partial charge in [0.2, 0.25) is 0 Å². The number of benzene rings is 2. The summed E-state index contributed by atoms with van der Waals surface area (Å²) in [5.74, 6) is 1.33. The van der Waals surface area contributed by atoms with E-state index in [0.717, 1.165) is 37.1 Å². The predicted octanol–water partition coefficient (Wildman–Crippen LogP) is 4.97. The van der Waals surface area contributed by atoms with E-state index in [1.165, 1.54) is 22.9 Å². The first-order chi connectivity index (χ1) is 15.7. The number of rotatable bonds is 4. The number of nitrogens with zero attached hydrogens (tertiary/aromatic N) is 3. The Labute approximate surface area is 192 Å². The SMILES string of the molecule is Cc1ccc(C=C2SC(N3CCN(C(c4ccccc4)c4ccccc4)CC3)=NC2=O)o1. The van der Waals surface area contributed by atoms with E-state index in [9.17, 15) is 4.79 Å². The van der Waals surface area contributed by atoms with Crippen molar-refractivity contribution in [3.05, 3.63) is 100 Å². The zero-order valence-corrected chi connectivity index (χ0v) is 18.8. The molecule has 3 heterocycles. The summed E-state index contributed by atoms with van der Waals surface area (Å²) in [6.07, 6.45) is 1.79. The molecule has 5 rings (SSSR count). The maximum absolute atomic E-state index is 12.4. The third-order valence-corrected chi connectivity index (χ3v) is 6.87.